The summed E-state index contributed by atoms with van der Waals surface area (Å²) in [6.07, 6.45) is 1.03. The van der Waals surface area contributed by atoms with E-state index in [1.165, 1.54) is 27.2 Å². The minimum Gasteiger partial charge on any atom is -0.497 e. The molecule has 0 saturated carbocycles. The number of ether oxygens (including phenoxy) is 2. The molecule has 0 aliphatic carbocycles. The van der Waals surface area contributed by atoms with Crippen molar-refractivity contribution in [3.8, 4) is 11.5 Å². The summed E-state index contributed by atoms with van der Waals surface area (Å²) in [5.41, 5.74) is 1.51. The second-order valence-electron chi connectivity index (χ2n) is 6.22. The molecular weight excluding hydrogens is 404 g/mol. The van der Waals surface area contributed by atoms with Crippen molar-refractivity contribution >= 4 is 38.9 Å². The molecule has 152 valence electrons. The third-order valence-corrected chi connectivity index (χ3v) is 5.63. The van der Waals surface area contributed by atoms with Crippen molar-refractivity contribution in [3.63, 3.8) is 0 Å². The van der Waals surface area contributed by atoms with Crippen LogP contribution in [0.4, 0.5) is 11.4 Å². The summed E-state index contributed by atoms with van der Waals surface area (Å²) in [5.74, 6) is 0.216. The highest BCUT2D eigenvalue weighted by Gasteiger charge is 2.32. The zero-order valence-corrected chi connectivity index (χ0v) is 17.9. The fraction of sp³-hybridized carbons (Fsp3) is 0.316. The van der Waals surface area contributed by atoms with Gasteiger partial charge in [-0.1, -0.05) is 17.7 Å². The molecule has 0 fully saturated rings. The molecule has 0 saturated heterocycles. The highest BCUT2D eigenvalue weighted by molar-refractivity contribution is 7.92. The lowest BCUT2D eigenvalue weighted by atomic mass is 10.2. The lowest BCUT2D eigenvalue weighted by Gasteiger charge is -2.29. The fourth-order valence-corrected chi connectivity index (χ4v) is 4.06. The molecule has 1 atom stereocenters. The highest BCUT2D eigenvalue weighted by atomic mass is 35.5. The standard InChI is InChI=1S/C19H23ClN2O5S/c1-12-6-7-14(20)10-16(12)21-19(23)13(2)22(28(5,24)25)17-11-15(26-3)8-9-18(17)27-4/h6-11,13H,1-5H3,(H,21,23)/t13-/m0/s1. The van der Waals surface area contributed by atoms with Crippen LogP contribution in [0.25, 0.3) is 0 Å². The largest absolute Gasteiger partial charge is 0.497 e. The van der Waals surface area contributed by atoms with Crippen LogP contribution in [0.5, 0.6) is 11.5 Å². The number of benzene rings is 2. The molecule has 0 aromatic heterocycles. The molecule has 0 spiro atoms. The van der Waals surface area contributed by atoms with Gasteiger partial charge in [-0.25, -0.2) is 8.42 Å². The molecule has 7 nitrogen and oxygen atoms in total. The van der Waals surface area contributed by atoms with Gasteiger partial charge in [0.25, 0.3) is 0 Å². The number of sulfonamides is 1. The van der Waals surface area contributed by atoms with Crippen molar-refractivity contribution in [2.24, 2.45) is 0 Å². The first kappa shape index (κ1) is 21.8. The van der Waals surface area contributed by atoms with Gasteiger partial charge in [0, 0.05) is 16.8 Å². The smallest absolute Gasteiger partial charge is 0.248 e. The third-order valence-electron chi connectivity index (χ3n) is 4.17. The summed E-state index contributed by atoms with van der Waals surface area (Å²) in [5, 5.41) is 3.20. The average molecular weight is 427 g/mol. The predicted octanol–water partition coefficient (Wildman–Crippen LogP) is 3.46. The number of halogens is 1. The summed E-state index contributed by atoms with van der Waals surface area (Å²) in [6.45, 7) is 3.31. The quantitative estimate of drug-likeness (QED) is 0.732. The molecule has 0 heterocycles. The summed E-state index contributed by atoms with van der Waals surface area (Å²) in [4.78, 5) is 12.9. The van der Waals surface area contributed by atoms with Crippen LogP contribution < -0.4 is 19.1 Å². The van der Waals surface area contributed by atoms with Gasteiger partial charge in [-0.2, -0.15) is 0 Å². The maximum absolute atomic E-state index is 12.9. The van der Waals surface area contributed by atoms with E-state index in [1.807, 2.05) is 6.92 Å². The van der Waals surface area contributed by atoms with Crippen LogP contribution in [-0.2, 0) is 14.8 Å². The monoisotopic (exact) mass is 426 g/mol. The van der Waals surface area contributed by atoms with E-state index in [1.54, 1.807) is 30.3 Å². The Bertz CT molecular complexity index is 978. The van der Waals surface area contributed by atoms with E-state index in [2.05, 4.69) is 5.32 Å². The maximum atomic E-state index is 12.9. The van der Waals surface area contributed by atoms with Gasteiger partial charge in [-0.15, -0.1) is 0 Å². The SMILES string of the molecule is COc1ccc(OC)c(N([C@@H](C)C(=O)Nc2cc(Cl)ccc2C)S(C)(=O)=O)c1. The molecule has 0 radical (unpaired) electrons. The van der Waals surface area contributed by atoms with Crippen LogP contribution >= 0.6 is 11.6 Å². The second kappa shape index (κ2) is 8.70. The van der Waals surface area contributed by atoms with E-state index in [-0.39, 0.29) is 5.69 Å². The van der Waals surface area contributed by atoms with Crippen LogP contribution in [0.1, 0.15) is 12.5 Å². The van der Waals surface area contributed by atoms with E-state index in [4.69, 9.17) is 21.1 Å². The van der Waals surface area contributed by atoms with E-state index in [0.717, 1.165) is 16.1 Å². The van der Waals surface area contributed by atoms with Gasteiger partial charge in [-0.05, 0) is 43.7 Å². The number of amides is 1. The van der Waals surface area contributed by atoms with Gasteiger partial charge in [0.05, 0.1) is 26.2 Å². The van der Waals surface area contributed by atoms with Gasteiger partial charge in [-0.3, -0.25) is 9.10 Å². The Labute approximate surface area is 170 Å². The zero-order chi connectivity index (χ0) is 21.1. The number of methoxy groups -OCH3 is 2. The molecule has 9 heteroatoms. The zero-order valence-electron chi connectivity index (χ0n) is 16.3. The van der Waals surface area contributed by atoms with Gasteiger partial charge >= 0.3 is 0 Å². The number of hydrogen-bond donors (Lipinski definition) is 1. The van der Waals surface area contributed by atoms with Crippen molar-refractivity contribution in [2.75, 3.05) is 30.1 Å². The molecule has 1 amide bonds. The Balaban J connectivity index is 2.46. The predicted molar refractivity (Wildman–Crippen MR) is 111 cm³/mol. The molecule has 0 aliphatic heterocycles. The van der Waals surface area contributed by atoms with Crippen molar-refractivity contribution in [3.05, 3.63) is 47.0 Å². The Morgan fingerprint density at radius 2 is 1.82 bits per heavy atom. The Morgan fingerprint density at radius 3 is 2.39 bits per heavy atom. The number of nitrogens with zero attached hydrogens (tertiary/aromatic N) is 1. The Kier molecular flexibility index (Phi) is 6.79. The number of nitrogens with one attached hydrogen (secondary N) is 1. The topological polar surface area (TPSA) is 84.9 Å². The molecule has 2 aromatic rings. The van der Waals surface area contributed by atoms with Crippen molar-refractivity contribution in [1.82, 2.24) is 0 Å². The molecule has 1 N–H and O–H groups in total. The molecular formula is C19H23ClN2O5S. The van der Waals surface area contributed by atoms with Gasteiger partial charge in [0.15, 0.2) is 0 Å². The minimum atomic E-state index is -3.82. The molecule has 0 bridgehead atoms. The summed E-state index contributed by atoms with van der Waals surface area (Å²) >= 11 is 6.00. The summed E-state index contributed by atoms with van der Waals surface area (Å²) in [7, 11) is -0.930. The van der Waals surface area contributed by atoms with E-state index in [9.17, 15) is 13.2 Å². The lowest BCUT2D eigenvalue weighted by Crippen LogP contribution is -2.45. The number of hydrogen-bond acceptors (Lipinski definition) is 5. The van der Waals surface area contributed by atoms with E-state index in [0.29, 0.717) is 22.2 Å². The van der Waals surface area contributed by atoms with Crippen molar-refractivity contribution in [2.45, 2.75) is 19.9 Å². The third kappa shape index (κ3) is 4.88. The first-order chi connectivity index (χ1) is 13.1. The first-order valence-electron chi connectivity index (χ1n) is 8.37. The minimum absolute atomic E-state index is 0.204. The Morgan fingerprint density at radius 1 is 1.14 bits per heavy atom. The van der Waals surface area contributed by atoms with Crippen molar-refractivity contribution in [1.29, 1.82) is 0 Å². The number of carbonyl (C=O) groups excluding carboxylic acids is 1. The van der Waals surface area contributed by atoms with Crippen LogP contribution in [0, 0.1) is 6.92 Å². The van der Waals surface area contributed by atoms with E-state index >= 15 is 0 Å². The second-order valence-corrected chi connectivity index (χ2v) is 8.52. The van der Waals surface area contributed by atoms with Gasteiger partial charge in [0.1, 0.15) is 17.5 Å². The molecule has 28 heavy (non-hydrogen) atoms. The van der Waals surface area contributed by atoms with E-state index < -0.39 is 22.0 Å². The highest BCUT2D eigenvalue weighted by Crippen LogP contribution is 2.35. The number of rotatable bonds is 7. The van der Waals surface area contributed by atoms with Crippen LogP contribution in [-0.4, -0.2) is 40.8 Å². The van der Waals surface area contributed by atoms with Gasteiger partial charge < -0.3 is 14.8 Å². The van der Waals surface area contributed by atoms with Gasteiger partial charge in [0.2, 0.25) is 15.9 Å². The summed E-state index contributed by atoms with van der Waals surface area (Å²) < 4.78 is 36.6. The summed E-state index contributed by atoms with van der Waals surface area (Å²) in [6, 6.07) is 8.75. The molecule has 0 aliphatic rings. The number of carbonyl (C=O) groups is 1. The molecule has 2 aromatic carbocycles. The molecule has 2 rings (SSSR count). The lowest BCUT2D eigenvalue weighted by molar-refractivity contribution is -0.116. The fourth-order valence-electron chi connectivity index (χ4n) is 2.72. The maximum Gasteiger partial charge on any atom is 0.248 e. The normalized spacial score (nSPS) is 12.2. The van der Waals surface area contributed by atoms with Crippen LogP contribution in [0.2, 0.25) is 5.02 Å². The van der Waals surface area contributed by atoms with Crippen LogP contribution in [0.3, 0.4) is 0 Å². The first-order valence-corrected chi connectivity index (χ1v) is 10.6. The number of aryl methyl sites for hydroxylation is 1. The number of anilines is 2. The Hall–Kier alpha value is -2.45. The molecule has 0 unspecified atom stereocenters. The average Bonchev–Trinajstić information content (AvgIpc) is 2.63. The van der Waals surface area contributed by atoms with Crippen LogP contribution in [0.15, 0.2) is 36.4 Å². The van der Waals surface area contributed by atoms with Crippen molar-refractivity contribution < 1.29 is 22.7 Å².